The second-order valence-corrected chi connectivity index (χ2v) is 2.98. The van der Waals surface area contributed by atoms with E-state index in [9.17, 15) is 4.79 Å². The number of carbonyl (C=O) groups excluding carboxylic acids is 1. The maximum Gasteiger partial charge on any atom is 0.182 e. The Bertz CT molecular complexity index is 338. The summed E-state index contributed by atoms with van der Waals surface area (Å²) in [5.41, 5.74) is 7.89. The van der Waals surface area contributed by atoms with Crippen LogP contribution in [0.4, 0.5) is 5.69 Å². The minimum absolute atomic E-state index is 0.0282. The molecule has 0 amide bonds. The van der Waals surface area contributed by atoms with Crippen molar-refractivity contribution in [3.63, 3.8) is 0 Å². The smallest absolute Gasteiger partial charge is 0.182 e. The van der Waals surface area contributed by atoms with Gasteiger partial charge in [0.25, 0.3) is 0 Å². The first-order valence-electron chi connectivity index (χ1n) is 3.52. The van der Waals surface area contributed by atoms with Crippen molar-refractivity contribution < 1.29 is 4.79 Å². The number of ketones is 1. The molecule has 1 N–H and O–H groups in total. The Labute approximate surface area is 74.7 Å². The van der Waals surface area contributed by atoms with Gasteiger partial charge in [-0.1, -0.05) is 11.6 Å². The first-order chi connectivity index (χ1) is 5.77. The molecule has 2 rings (SSSR count). The van der Waals surface area contributed by atoms with Crippen LogP contribution in [-0.2, 0) is 0 Å². The van der Waals surface area contributed by atoms with Gasteiger partial charge in [0.1, 0.15) is 0 Å². The van der Waals surface area contributed by atoms with Crippen LogP contribution in [0.1, 0.15) is 10.4 Å². The third kappa shape index (κ3) is 1.17. The molecule has 3 nitrogen and oxygen atoms in total. The number of anilines is 1. The van der Waals surface area contributed by atoms with Crippen molar-refractivity contribution in [1.29, 1.82) is 0 Å². The molecule has 1 aliphatic rings. The highest BCUT2D eigenvalue weighted by Gasteiger charge is 2.16. The zero-order valence-corrected chi connectivity index (χ0v) is 6.93. The maximum absolute atomic E-state index is 11.2. The predicted octanol–water partition coefficient (Wildman–Crippen LogP) is 1.47. The molecule has 1 heterocycles. The largest absolute Gasteiger partial charge is 0.303 e. The Balaban J connectivity index is 2.53. The fraction of sp³-hybridized carbons (Fsp3) is 0.125. The van der Waals surface area contributed by atoms with Crippen molar-refractivity contribution in [3.8, 4) is 0 Å². The van der Waals surface area contributed by atoms with Gasteiger partial charge in [-0.15, -0.1) is 5.43 Å². The molecule has 12 heavy (non-hydrogen) atoms. The van der Waals surface area contributed by atoms with Crippen molar-refractivity contribution in [2.45, 2.75) is 0 Å². The maximum atomic E-state index is 11.2. The van der Waals surface area contributed by atoms with Crippen LogP contribution in [0.5, 0.6) is 0 Å². The van der Waals surface area contributed by atoms with Gasteiger partial charge in [-0.2, -0.15) is 0 Å². The Hall–Kier alpha value is -1.06. The molecule has 0 bridgehead atoms. The van der Waals surface area contributed by atoms with Gasteiger partial charge in [-0.3, -0.25) is 4.79 Å². The minimum atomic E-state index is 0.0282. The van der Waals surface area contributed by atoms with Gasteiger partial charge in [0, 0.05) is 10.6 Å². The average Bonchev–Trinajstić information content (AvgIpc) is 2.04. The average molecular weight is 182 g/mol. The number of fused-ring (bicyclic) bond motifs is 1. The van der Waals surface area contributed by atoms with Crippen molar-refractivity contribution in [2.75, 3.05) is 12.0 Å². The molecule has 1 aromatic rings. The van der Waals surface area contributed by atoms with E-state index in [-0.39, 0.29) is 12.3 Å². The van der Waals surface area contributed by atoms with E-state index in [2.05, 4.69) is 10.9 Å². The van der Waals surface area contributed by atoms with Gasteiger partial charge >= 0.3 is 0 Å². The SMILES string of the molecule is O=C1C[N]Nc2cc(Cl)ccc21. The fourth-order valence-corrected chi connectivity index (χ4v) is 1.31. The molecule has 1 aliphatic heterocycles. The molecule has 1 aromatic carbocycles. The van der Waals surface area contributed by atoms with Crippen LogP contribution in [0.15, 0.2) is 18.2 Å². The lowest BCUT2D eigenvalue weighted by Crippen LogP contribution is -2.28. The molecule has 0 fully saturated rings. The minimum Gasteiger partial charge on any atom is -0.303 e. The van der Waals surface area contributed by atoms with Gasteiger partial charge in [0.2, 0.25) is 0 Å². The van der Waals surface area contributed by atoms with E-state index in [0.717, 1.165) is 0 Å². The summed E-state index contributed by atoms with van der Waals surface area (Å²) in [6, 6.07) is 5.10. The number of benzene rings is 1. The summed E-state index contributed by atoms with van der Waals surface area (Å²) in [6.07, 6.45) is 0. The molecule has 4 heteroatoms. The molecular weight excluding hydrogens is 176 g/mol. The monoisotopic (exact) mass is 181 g/mol. The first-order valence-corrected chi connectivity index (χ1v) is 3.90. The number of carbonyl (C=O) groups is 1. The van der Waals surface area contributed by atoms with Crippen LogP contribution < -0.4 is 10.9 Å². The van der Waals surface area contributed by atoms with E-state index >= 15 is 0 Å². The molecule has 0 spiro atoms. The number of Topliss-reactive ketones (excluding diaryl/α,β-unsaturated/α-hetero) is 1. The predicted molar refractivity (Wildman–Crippen MR) is 46.4 cm³/mol. The molecular formula is C8H6ClN2O. The van der Waals surface area contributed by atoms with E-state index in [4.69, 9.17) is 11.6 Å². The van der Waals surface area contributed by atoms with Crippen molar-refractivity contribution in [2.24, 2.45) is 0 Å². The van der Waals surface area contributed by atoms with Gasteiger partial charge in [0.15, 0.2) is 5.78 Å². The summed E-state index contributed by atoms with van der Waals surface area (Å²) in [4.78, 5) is 11.2. The lowest BCUT2D eigenvalue weighted by Gasteiger charge is -2.15. The number of hydrogen-bond acceptors (Lipinski definition) is 2. The molecule has 0 saturated carbocycles. The van der Waals surface area contributed by atoms with Crippen LogP contribution in [0.3, 0.4) is 0 Å². The van der Waals surface area contributed by atoms with E-state index < -0.39 is 0 Å². The first kappa shape index (κ1) is 7.58. The number of nitrogens with zero attached hydrogens (tertiary/aromatic N) is 1. The normalized spacial score (nSPS) is 15.2. The van der Waals surface area contributed by atoms with E-state index in [1.54, 1.807) is 18.2 Å². The fourth-order valence-electron chi connectivity index (χ4n) is 1.13. The quantitative estimate of drug-likeness (QED) is 0.659. The van der Waals surface area contributed by atoms with Gasteiger partial charge in [-0.05, 0) is 18.2 Å². The van der Waals surface area contributed by atoms with Crippen LogP contribution in [-0.4, -0.2) is 12.3 Å². The Morgan fingerprint density at radius 3 is 3.17 bits per heavy atom. The third-order valence-corrected chi connectivity index (χ3v) is 1.94. The second kappa shape index (κ2) is 2.77. The highest BCUT2D eigenvalue weighted by atomic mass is 35.5. The summed E-state index contributed by atoms with van der Waals surface area (Å²) in [5, 5.41) is 0.603. The van der Waals surface area contributed by atoms with Crippen molar-refractivity contribution >= 4 is 23.1 Å². The molecule has 61 valence electrons. The zero-order chi connectivity index (χ0) is 8.55. The van der Waals surface area contributed by atoms with Crippen molar-refractivity contribution in [3.05, 3.63) is 28.8 Å². The Morgan fingerprint density at radius 1 is 1.50 bits per heavy atom. The second-order valence-electron chi connectivity index (χ2n) is 2.54. The number of nitrogens with one attached hydrogen (secondary N) is 1. The Morgan fingerprint density at radius 2 is 2.33 bits per heavy atom. The number of hydrogen-bond donors (Lipinski definition) is 1. The van der Waals surface area contributed by atoms with Gasteiger partial charge in [0.05, 0.1) is 12.2 Å². The van der Waals surface area contributed by atoms with Crippen LogP contribution in [0, 0.1) is 0 Å². The standard InChI is InChI=1S/C8H6ClN2O/c9-5-1-2-6-7(3-5)11-10-4-8(6)12/h1-3,11H,4H2. The van der Waals surface area contributed by atoms with E-state index in [1.165, 1.54) is 0 Å². The molecule has 1 radical (unpaired) electrons. The molecule has 0 saturated heterocycles. The lowest BCUT2D eigenvalue weighted by atomic mass is 10.1. The van der Waals surface area contributed by atoms with Gasteiger partial charge < -0.3 is 5.43 Å². The number of rotatable bonds is 0. The summed E-state index contributed by atoms with van der Waals surface area (Å²) < 4.78 is 0. The highest BCUT2D eigenvalue weighted by molar-refractivity contribution is 6.31. The summed E-state index contributed by atoms with van der Waals surface area (Å²) in [7, 11) is 0. The van der Waals surface area contributed by atoms with Crippen molar-refractivity contribution in [1.82, 2.24) is 5.43 Å². The van der Waals surface area contributed by atoms with Crippen LogP contribution in [0.2, 0.25) is 5.02 Å². The highest BCUT2D eigenvalue weighted by Crippen LogP contribution is 2.22. The third-order valence-electron chi connectivity index (χ3n) is 1.70. The summed E-state index contributed by atoms with van der Waals surface area (Å²) >= 11 is 5.73. The molecule has 0 aromatic heterocycles. The molecule has 0 aliphatic carbocycles. The van der Waals surface area contributed by atoms with Crippen LogP contribution >= 0.6 is 11.6 Å². The van der Waals surface area contributed by atoms with E-state index in [0.29, 0.717) is 16.3 Å². The molecule has 0 atom stereocenters. The topological polar surface area (TPSA) is 43.2 Å². The summed E-state index contributed by atoms with van der Waals surface area (Å²) in [6.45, 7) is 0.203. The van der Waals surface area contributed by atoms with Gasteiger partial charge in [-0.25, -0.2) is 0 Å². The molecule has 0 unspecified atom stereocenters. The van der Waals surface area contributed by atoms with E-state index in [1.807, 2.05) is 0 Å². The Kier molecular flexibility index (Phi) is 1.75. The zero-order valence-electron chi connectivity index (χ0n) is 6.17. The lowest BCUT2D eigenvalue weighted by molar-refractivity contribution is 0.0988. The summed E-state index contributed by atoms with van der Waals surface area (Å²) in [5.74, 6) is 0.0282. The van der Waals surface area contributed by atoms with Crippen LogP contribution in [0.25, 0.3) is 0 Å². The number of halogens is 1.